The van der Waals surface area contributed by atoms with Gasteiger partial charge in [-0.15, -0.1) is 0 Å². The van der Waals surface area contributed by atoms with E-state index in [9.17, 15) is 19.8 Å². The summed E-state index contributed by atoms with van der Waals surface area (Å²) in [6.45, 7) is 6.35. The van der Waals surface area contributed by atoms with Gasteiger partial charge in [0.2, 0.25) is 0 Å². The molecule has 296 valence electrons. The average molecular weight is 717 g/mol. The molecule has 2 atom stereocenters. The third-order valence-electron chi connectivity index (χ3n) is 9.13. The van der Waals surface area contributed by atoms with E-state index in [1.807, 2.05) is 42.5 Å². The van der Waals surface area contributed by atoms with E-state index in [4.69, 9.17) is 9.47 Å². The molecule has 0 aromatic rings. The fourth-order valence-corrected chi connectivity index (χ4v) is 5.87. The molecule has 0 amide bonds. The number of rotatable bonds is 37. The fourth-order valence-electron chi connectivity index (χ4n) is 5.87. The van der Waals surface area contributed by atoms with E-state index >= 15 is 0 Å². The standard InChI is InChI=1S/C45H80O6/c1-4-5-6-7-19-25-30-35-42(47)36-31-26-21-18-23-27-32-37-44(48)50-40-43(39-46)51-45(49)38-33-28-22-17-15-13-11-9-8-10-12-14-16-20-24-29-34-41(2)3/h18-19,23,25-26,30-31,35,41-43,46-47H,4-17,20-22,24,27-29,32-34,36-40H2,1-3H3/b23-18+,25-19-,31-26-,35-30-/t42-,43+/m1/s1. The summed E-state index contributed by atoms with van der Waals surface area (Å²) in [5, 5.41) is 19.6. The van der Waals surface area contributed by atoms with Crippen LogP contribution in [0.2, 0.25) is 0 Å². The molecular weight excluding hydrogens is 636 g/mol. The van der Waals surface area contributed by atoms with Crippen LogP contribution in [0.3, 0.4) is 0 Å². The number of carbonyl (C=O) groups is 2. The summed E-state index contributed by atoms with van der Waals surface area (Å²) in [7, 11) is 0. The van der Waals surface area contributed by atoms with Gasteiger partial charge in [0.25, 0.3) is 0 Å². The highest BCUT2D eigenvalue weighted by Gasteiger charge is 2.16. The molecule has 0 heterocycles. The Bertz CT molecular complexity index is 889. The maximum atomic E-state index is 12.2. The number of hydrogen-bond acceptors (Lipinski definition) is 6. The number of esters is 2. The summed E-state index contributed by atoms with van der Waals surface area (Å²) < 4.78 is 10.6. The normalized spacial score (nSPS) is 13.4. The molecular formula is C45H80O6. The highest BCUT2D eigenvalue weighted by Crippen LogP contribution is 2.15. The van der Waals surface area contributed by atoms with Crippen LogP contribution in [-0.4, -0.2) is 47.6 Å². The topological polar surface area (TPSA) is 93.1 Å². The Kier molecular flexibility index (Phi) is 37.4. The van der Waals surface area contributed by atoms with E-state index in [1.54, 1.807) is 0 Å². The van der Waals surface area contributed by atoms with Gasteiger partial charge >= 0.3 is 11.9 Å². The zero-order valence-electron chi connectivity index (χ0n) is 33.4. The SMILES string of the molecule is CCCCC/C=C\C=C/[C@@H](O)C/C=C\C/C=C/CCCC(=O)OC[C@H](CO)OC(=O)CCCCCCCCCCCCCCCCCCC(C)C. The van der Waals surface area contributed by atoms with Crippen molar-refractivity contribution in [2.24, 2.45) is 5.92 Å². The molecule has 51 heavy (non-hydrogen) atoms. The summed E-state index contributed by atoms with van der Waals surface area (Å²) in [4.78, 5) is 24.3. The summed E-state index contributed by atoms with van der Waals surface area (Å²) in [6.07, 6.45) is 44.9. The van der Waals surface area contributed by atoms with Crippen LogP contribution in [0.15, 0.2) is 48.6 Å². The molecule has 0 aromatic heterocycles. The number of unbranched alkanes of at least 4 members (excludes halogenated alkanes) is 19. The van der Waals surface area contributed by atoms with Gasteiger partial charge in [-0.3, -0.25) is 9.59 Å². The highest BCUT2D eigenvalue weighted by molar-refractivity contribution is 5.70. The first-order chi connectivity index (χ1) is 24.9. The van der Waals surface area contributed by atoms with Crippen molar-refractivity contribution >= 4 is 11.9 Å². The monoisotopic (exact) mass is 717 g/mol. The van der Waals surface area contributed by atoms with E-state index in [2.05, 4.69) is 26.8 Å². The zero-order chi connectivity index (χ0) is 37.5. The van der Waals surface area contributed by atoms with E-state index in [0.29, 0.717) is 19.3 Å². The van der Waals surface area contributed by atoms with Crippen molar-refractivity contribution in [1.29, 1.82) is 0 Å². The largest absolute Gasteiger partial charge is 0.462 e. The minimum Gasteiger partial charge on any atom is -0.462 e. The predicted octanol–water partition coefficient (Wildman–Crippen LogP) is 12.2. The Morgan fingerprint density at radius 1 is 0.608 bits per heavy atom. The molecule has 0 rings (SSSR count). The lowest BCUT2D eigenvalue weighted by molar-refractivity contribution is -0.161. The molecule has 0 aliphatic rings. The van der Waals surface area contributed by atoms with Crippen LogP contribution in [-0.2, 0) is 19.1 Å². The molecule has 0 saturated carbocycles. The van der Waals surface area contributed by atoms with Crippen LogP contribution < -0.4 is 0 Å². The van der Waals surface area contributed by atoms with Crippen LogP contribution in [0.25, 0.3) is 0 Å². The van der Waals surface area contributed by atoms with Gasteiger partial charge < -0.3 is 19.7 Å². The number of aliphatic hydroxyl groups is 2. The first-order valence-electron chi connectivity index (χ1n) is 21.2. The van der Waals surface area contributed by atoms with Gasteiger partial charge in [-0.25, -0.2) is 0 Å². The van der Waals surface area contributed by atoms with Crippen molar-refractivity contribution in [2.45, 2.75) is 206 Å². The van der Waals surface area contributed by atoms with Crippen LogP contribution in [0.4, 0.5) is 0 Å². The van der Waals surface area contributed by atoms with E-state index in [0.717, 1.165) is 44.4 Å². The molecule has 0 radical (unpaired) electrons. The van der Waals surface area contributed by atoms with Crippen LogP contribution in [0.1, 0.15) is 194 Å². The maximum absolute atomic E-state index is 12.2. The third-order valence-corrected chi connectivity index (χ3v) is 9.13. The van der Waals surface area contributed by atoms with E-state index in [1.165, 1.54) is 109 Å². The quantitative estimate of drug-likeness (QED) is 0.0288. The van der Waals surface area contributed by atoms with Crippen LogP contribution in [0, 0.1) is 5.92 Å². The number of aliphatic hydroxyl groups excluding tert-OH is 2. The second-order valence-corrected chi connectivity index (χ2v) is 14.7. The van der Waals surface area contributed by atoms with Crippen molar-refractivity contribution < 1.29 is 29.3 Å². The molecule has 0 spiro atoms. The van der Waals surface area contributed by atoms with Gasteiger partial charge in [-0.05, 0) is 50.9 Å². The molecule has 0 saturated heterocycles. The summed E-state index contributed by atoms with van der Waals surface area (Å²) >= 11 is 0. The smallest absolute Gasteiger partial charge is 0.306 e. The minimum absolute atomic E-state index is 0.115. The Labute approximate surface area is 314 Å². The van der Waals surface area contributed by atoms with Gasteiger partial charge in [0.15, 0.2) is 6.10 Å². The molecule has 6 heteroatoms. The van der Waals surface area contributed by atoms with Crippen molar-refractivity contribution in [3.63, 3.8) is 0 Å². The Balaban J connectivity index is 3.67. The lowest BCUT2D eigenvalue weighted by Gasteiger charge is -2.15. The Morgan fingerprint density at radius 2 is 1.16 bits per heavy atom. The third kappa shape index (κ3) is 38.9. The van der Waals surface area contributed by atoms with Gasteiger partial charge in [0.05, 0.1) is 12.7 Å². The van der Waals surface area contributed by atoms with Gasteiger partial charge in [0.1, 0.15) is 6.61 Å². The van der Waals surface area contributed by atoms with Crippen LogP contribution in [0.5, 0.6) is 0 Å². The predicted molar refractivity (Wildman–Crippen MR) is 216 cm³/mol. The molecule has 0 bridgehead atoms. The molecule has 6 nitrogen and oxygen atoms in total. The van der Waals surface area contributed by atoms with Gasteiger partial charge in [-0.2, -0.15) is 0 Å². The number of allylic oxidation sites excluding steroid dienone is 6. The van der Waals surface area contributed by atoms with Crippen molar-refractivity contribution in [2.75, 3.05) is 13.2 Å². The zero-order valence-corrected chi connectivity index (χ0v) is 33.4. The molecule has 0 aliphatic carbocycles. The lowest BCUT2D eigenvalue weighted by Crippen LogP contribution is -2.28. The van der Waals surface area contributed by atoms with Gasteiger partial charge in [0, 0.05) is 12.8 Å². The second-order valence-electron chi connectivity index (χ2n) is 14.7. The minimum atomic E-state index is -0.811. The number of hydrogen-bond donors (Lipinski definition) is 2. The molecule has 0 aliphatic heterocycles. The molecule has 0 fully saturated rings. The van der Waals surface area contributed by atoms with Crippen molar-refractivity contribution in [3.05, 3.63) is 48.6 Å². The first kappa shape index (κ1) is 48.8. The van der Waals surface area contributed by atoms with Crippen molar-refractivity contribution in [1.82, 2.24) is 0 Å². The molecule has 0 aromatic carbocycles. The lowest BCUT2D eigenvalue weighted by atomic mass is 10.0. The summed E-state index contributed by atoms with van der Waals surface area (Å²) in [5.41, 5.74) is 0. The van der Waals surface area contributed by atoms with Gasteiger partial charge in [-0.1, -0.05) is 185 Å². The van der Waals surface area contributed by atoms with E-state index in [-0.39, 0.29) is 31.6 Å². The maximum Gasteiger partial charge on any atom is 0.306 e. The molecule has 2 N–H and O–H groups in total. The number of ether oxygens (including phenoxy) is 2. The second kappa shape index (κ2) is 39.0. The fraction of sp³-hybridized carbons (Fsp3) is 0.778. The molecule has 0 unspecified atom stereocenters. The van der Waals surface area contributed by atoms with Crippen molar-refractivity contribution in [3.8, 4) is 0 Å². The average Bonchev–Trinajstić information content (AvgIpc) is 3.11. The Morgan fingerprint density at radius 3 is 1.75 bits per heavy atom. The Hall–Kier alpha value is -2.18. The number of carbonyl (C=O) groups excluding carboxylic acids is 2. The summed E-state index contributed by atoms with van der Waals surface area (Å²) in [5.74, 6) is 0.157. The summed E-state index contributed by atoms with van der Waals surface area (Å²) in [6, 6.07) is 0. The first-order valence-corrected chi connectivity index (χ1v) is 21.2. The van der Waals surface area contributed by atoms with E-state index < -0.39 is 12.2 Å². The van der Waals surface area contributed by atoms with Crippen LogP contribution >= 0.6 is 0 Å². The highest BCUT2D eigenvalue weighted by atomic mass is 16.6.